The van der Waals surface area contributed by atoms with E-state index in [1.165, 1.54) is 64.7 Å². The summed E-state index contributed by atoms with van der Waals surface area (Å²) < 4.78 is 9.50. The molecular weight excluding hydrogens is 769 g/mol. The molecule has 0 fully saturated rings. The Kier molecular flexibility index (Phi) is 8.76. The van der Waals surface area contributed by atoms with Gasteiger partial charge in [0, 0.05) is 42.1 Å². The fourth-order valence-corrected chi connectivity index (χ4v) is 10.3. The molecule has 0 N–H and O–H groups in total. The molecule has 2 heteroatoms. The zero-order chi connectivity index (χ0) is 41.0. The molecule has 62 heavy (non-hydrogen) atoms. The van der Waals surface area contributed by atoms with E-state index >= 15 is 0 Å². The number of para-hydroxylation sites is 1. The van der Waals surface area contributed by atoms with Gasteiger partial charge in [-0.05, 0) is 115 Å². The van der Waals surface area contributed by atoms with Crippen molar-refractivity contribution in [2.45, 2.75) is 0 Å². The van der Waals surface area contributed by atoms with E-state index in [1.807, 2.05) is 11.3 Å². The van der Waals surface area contributed by atoms with Crippen LogP contribution in [0.2, 0.25) is 0 Å². The van der Waals surface area contributed by atoms with Crippen LogP contribution >= 0.6 is 11.3 Å². The molecule has 0 unspecified atom stereocenters. The van der Waals surface area contributed by atoms with Crippen LogP contribution in [-0.2, 0) is 0 Å². The Hall–Kier alpha value is -7.78. The Morgan fingerprint density at radius 2 is 0.645 bits per heavy atom. The summed E-state index contributed by atoms with van der Waals surface area (Å²) in [4.78, 5) is 0. The molecule has 0 saturated carbocycles. The first-order valence-corrected chi connectivity index (χ1v) is 22.0. The minimum absolute atomic E-state index is 0.907. The third kappa shape index (κ3) is 6.41. The lowest BCUT2D eigenvalue weighted by atomic mass is 9.92. The molecule has 12 aromatic rings. The van der Waals surface area contributed by atoms with Crippen molar-refractivity contribution in [2.75, 3.05) is 0 Å². The van der Waals surface area contributed by atoms with Gasteiger partial charge >= 0.3 is 0 Å². The first-order chi connectivity index (χ1) is 30.7. The van der Waals surface area contributed by atoms with E-state index in [0.717, 1.165) is 55.3 Å². The lowest BCUT2D eigenvalue weighted by Crippen LogP contribution is -1.86. The second kappa shape index (κ2) is 15.0. The lowest BCUT2D eigenvalue weighted by Gasteiger charge is -2.12. The Morgan fingerprint density at radius 1 is 0.226 bits per heavy atom. The summed E-state index contributed by atoms with van der Waals surface area (Å²) >= 11 is 1.87. The van der Waals surface area contributed by atoms with Crippen LogP contribution < -0.4 is 0 Å². The molecule has 0 atom stereocenters. The normalized spacial score (nSPS) is 11.5. The van der Waals surface area contributed by atoms with Gasteiger partial charge in [0.15, 0.2) is 0 Å². The molecule has 0 aliphatic rings. The van der Waals surface area contributed by atoms with E-state index in [4.69, 9.17) is 4.42 Å². The third-order valence-electron chi connectivity index (χ3n) is 12.3. The molecule has 0 spiro atoms. The van der Waals surface area contributed by atoms with Gasteiger partial charge in [0.05, 0.1) is 0 Å². The van der Waals surface area contributed by atoms with Crippen molar-refractivity contribution in [1.29, 1.82) is 0 Å². The highest BCUT2D eigenvalue weighted by Gasteiger charge is 2.18. The summed E-state index contributed by atoms with van der Waals surface area (Å²) in [5.74, 6) is 0. The summed E-state index contributed by atoms with van der Waals surface area (Å²) in [5, 5.41) is 4.89. The maximum atomic E-state index is 6.85. The van der Waals surface area contributed by atoms with Gasteiger partial charge in [0.25, 0.3) is 0 Å². The summed E-state index contributed by atoms with van der Waals surface area (Å²) in [5.41, 5.74) is 18.2. The van der Waals surface area contributed by atoms with Gasteiger partial charge in [0.1, 0.15) is 11.2 Å². The summed E-state index contributed by atoms with van der Waals surface area (Å²) in [6, 6.07) is 83.5. The van der Waals surface area contributed by atoms with Crippen LogP contribution in [0.25, 0.3) is 120 Å². The van der Waals surface area contributed by atoms with Crippen LogP contribution in [0, 0.1) is 0 Å². The second-order valence-corrected chi connectivity index (χ2v) is 17.1. The number of rotatable bonds is 7. The van der Waals surface area contributed by atoms with Gasteiger partial charge in [-0.25, -0.2) is 0 Å². The average Bonchev–Trinajstić information content (AvgIpc) is 3.93. The van der Waals surface area contributed by atoms with Crippen LogP contribution in [-0.4, -0.2) is 0 Å². The van der Waals surface area contributed by atoms with E-state index in [-0.39, 0.29) is 0 Å². The molecular formula is C60H38OS. The highest BCUT2D eigenvalue weighted by Crippen LogP contribution is 2.43. The zero-order valence-corrected chi connectivity index (χ0v) is 34.6. The van der Waals surface area contributed by atoms with Crippen LogP contribution in [0.15, 0.2) is 235 Å². The quantitative estimate of drug-likeness (QED) is 0.156. The maximum absolute atomic E-state index is 6.85. The smallest absolute Gasteiger partial charge is 0.143 e. The van der Waals surface area contributed by atoms with Crippen LogP contribution in [0.4, 0.5) is 0 Å². The van der Waals surface area contributed by atoms with E-state index in [1.54, 1.807) is 0 Å². The fraction of sp³-hybridized carbons (Fsp3) is 0. The van der Waals surface area contributed by atoms with Gasteiger partial charge in [-0.15, -0.1) is 11.3 Å². The molecule has 2 aromatic heterocycles. The van der Waals surface area contributed by atoms with Crippen molar-refractivity contribution < 1.29 is 4.42 Å². The first kappa shape index (κ1) is 36.1. The van der Waals surface area contributed by atoms with Crippen molar-refractivity contribution >= 4 is 53.4 Å². The average molecular weight is 807 g/mol. The number of thiophene rings is 1. The molecule has 10 aromatic carbocycles. The fourth-order valence-electron chi connectivity index (χ4n) is 9.16. The monoisotopic (exact) mass is 806 g/mol. The largest absolute Gasteiger partial charge is 0.455 e. The van der Waals surface area contributed by atoms with Crippen molar-refractivity contribution in [2.24, 2.45) is 0 Å². The van der Waals surface area contributed by atoms with Crippen molar-refractivity contribution in [3.05, 3.63) is 231 Å². The minimum atomic E-state index is 0.907. The number of furan rings is 1. The summed E-state index contributed by atoms with van der Waals surface area (Å²) in [6.45, 7) is 0. The Bertz CT molecular complexity index is 3630. The molecule has 0 saturated heterocycles. The van der Waals surface area contributed by atoms with E-state index < -0.39 is 0 Å². The van der Waals surface area contributed by atoms with Gasteiger partial charge in [-0.3, -0.25) is 0 Å². The topological polar surface area (TPSA) is 13.1 Å². The maximum Gasteiger partial charge on any atom is 0.143 e. The van der Waals surface area contributed by atoms with Gasteiger partial charge in [-0.2, -0.15) is 0 Å². The van der Waals surface area contributed by atoms with Gasteiger partial charge in [-0.1, -0.05) is 182 Å². The molecule has 0 amide bonds. The molecule has 12 rings (SSSR count). The Balaban J connectivity index is 0.893. The van der Waals surface area contributed by atoms with Crippen molar-refractivity contribution in [1.82, 2.24) is 0 Å². The standard InChI is InChI=1S/C60H38OS/c1-3-14-39(15-4-1)51-27-13-28-54-56-37-50(36-55(60(56)61-59(51)54)40-16-5-2-6-17-40)48-25-12-23-46(35-48)44-21-10-19-42(33-44)41-18-9-20-43(32-41)45-22-11-24-47(34-45)49-30-31-53-52-26-7-8-29-57(52)62-58(53)38-49/h1-38H. The predicted molar refractivity (Wildman–Crippen MR) is 265 cm³/mol. The van der Waals surface area contributed by atoms with E-state index in [9.17, 15) is 0 Å². The second-order valence-electron chi connectivity index (χ2n) is 16.0. The number of hydrogen-bond acceptors (Lipinski definition) is 2. The zero-order valence-electron chi connectivity index (χ0n) is 33.8. The van der Waals surface area contributed by atoms with Crippen LogP contribution in [0.3, 0.4) is 0 Å². The summed E-state index contributed by atoms with van der Waals surface area (Å²) in [7, 11) is 0. The Morgan fingerprint density at radius 3 is 1.23 bits per heavy atom. The SMILES string of the molecule is c1ccc(-c2cccc3c2oc2c(-c4ccccc4)cc(-c4cccc(-c5cccc(-c6cccc(-c7cccc(-c8ccc9c(c8)sc8ccccc89)c7)c6)c5)c4)cc23)cc1. The van der Waals surface area contributed by atoms with Crippen molar-refractivity contribution in [3.8, 4) is 77.9 Å². The number of benzene rings is 10. The highest BCUT2D eigenvalue weighted by molar-refractivity contribution is 7.25. The molecule has 0 aliphatic carbocycles. The molecule has 0 radical (unpaired) electrons. The molecule has 0 bridgehead atoms. The van der Waals surface area contributed by atoms with E-state index in [2.05, 4.69) is 231 Å². The molecule has 1 nitrogen and oxygen atoms in total. The summed E-state index contributed by atoms with van der Waals surface area (Å²) in [6.07, 6.45) is 0. The van der Waals surface area contributed by atoms with Crippen molar-refractivity contribution in [3.63, 3.8) is 0 Å². The van der Waals surface area contributed by atoms with Gasteiger partial charge in [0.2, 0.25) is 0 Å². The van der Waals surface area contributed by atoms with Gasteiger partial charge < -0.3 is 4.42 Å². The van der Waals surface area contributed by atoms with Crippen LogP contribution in [0.5, 0.6) is 0 Å². The van der Waals surface area contributed by atoms with Crippen LogP contribution in [0.1, 0.15) is 0 Å². The lowest BCUT2D eigenvalue weighted by molar-refractivity contribution is 0.671. The molecule has 0 aliphatic heterocycles. The third-order valence-corrected chi connectivity index (χ3v) is 13.4. The highest BCUT2D eigenvalue weighted by atomic mass is 32.1. The minimum Gasteiger partial charge on any atom is -0.455 e. The van der Waals surface area contributed by atoms with E-state index in [0.29, 0.717) is 0 Å². The number of fused-ring (bicyclic) bond motifs is 6. The first-order valence-electron chi connectivity index (χ1n) is 21.1. The molecule has 290 valence electrons. The predicted octanol–water partition coefficient (Wildman–Crippen LogP) is 17.6. The number of hydrogen-bond donors (Lipinski definition) is 0. The molecule has 2 heterocycles. The Labute approximate surface area is 364 Å².